The Morgan fingerprint density at radius 2 is 2.21 bits per heavy atom. The van der Waals surface area contributed by atoms with Gasteiger partial charge in [-0.15, -0.1) is 0 Å². The van der Waals surface area contributed by atoms with Crippen molar-refractivity contribution in [2.24, 2.45) is 13.0 Å². The summed E-state index contributed by atoms with van der Waals surface area (Å²) in [5.74, 6) is -0.350. The maximum atomic E-state index is 13.7. The van der Waals surface area contributed by atoms with E-state index in [1.54, 1.807) is 0 Å². The van der Waals surface area contributed by atoms with Gasteiger partial charge >= 0.3 is 0 Å². The molecule has 2 aromatic heterocycles. The van der Waals surface area contributed by atoms with E-state index in [2.05, 4.69) is 4.98 Å². The summed E-state index contributed by atoms with van der Waals surface area (Å²) in [5, 5.41) is 1.05. The number of amides is 1. The third-order valence-electron chi connectivity index (χ3n) is 6.08. The second kappa shape index (κ2) is 6.84. The fourth-order valence-electron chi connectivity index (χ4n) is 4.37. The number of nitrogens with zero attached hydrogens (tertiary/aromatic N) is 3. The summed E-state index contributed by atoms with van der Waals surface area (Å²) >= 11 is 0. The normalized spacial score (nSPS) is 20.2. The number of likely N-dealkylation sites (tertiary alicyclic amines) is 1. The molecular formula is C22H22FN3O3. The van der Waals surface area contributed by atoms with Crippen LogP contribution in [0.4, 0.5) is 4.39 Å². The number of ether oxygens (including phenoxy) is 2. The Hall–Kier alpha value is -2.93. The van der Waals surface area contributed by atoms with Gasteiger partial charge in [-0.1, -0.05) is 0 Å². The number of pyridine rings is 1. The summed E-state index contributed by atoms with van der Waals surface area (Å²) in [6.07, 6.45) is 4.32. The zero-order chi connectivity index (χ0) is 20.0. The van der Waals surface area contributed by atoms with Gasteiger partial charge in [0.2, 0.25) is 5.88 Å². The van der Waals surface area contributed by atoms with Crippen LogP contribution in [0.1, 0.15) is 16.8 Å². The summed E-state index contributed by atoms with van der Waals surface area (Å²) in [4.78, 5) is 18.7. The van der Waals surface area contributed by atoms with Crippen LogP contribution >= 0.6 is 0 Å². The minimum absolute atomic E-state index is 0.00677. The molecule has 0 N–H and O–H groups in total. The zero-order valence-electron chi connectivity index (χ0n) is 16.2. The molecule has 1 aromatic carbocycles. The Bertz CT molecular complexity index is 1070. The molecule has 2 saturated heterocycles. The monoisotopic (exact) mass is 395 g/mol. The highest BCUT2D eigenvalue weighted by molar-refractivity contribution is 5.98. The van der Waals surface area contributed by atoms with Crippen molar-refractivity contribution in [1.82, 2.24) is 14.5 Å². The van der Waals surface area contributed by atoms with Crippen molar-refractivity contribution >= 4 is 16.8 Å². The first-order chi connectivity index (χ1) is 14.1. The van der Waals surface area contributed by atoms with Crippen molar-refractivity contribution in [2.75, 3.05) is 26.3 Å². The van der Waals surface area contributed by atoms with Crippen LogP contribution in [-0.2, 0) is 11.8 Å². The maximum absolute atomic E-state index is 13.7. The van der Waals surface area contributed by atoms with Gasteiger partial charge in [-0.05, 0) is 42.8 Å². The number of halogens is 1. The smallest absolute Gasteiger partial charge is 0.254 e. The van der Waals surface area contributed by atoms with E-state index < -0.39 is 11.4 Å². The van der Waals surface area contributed by atoms with Gasteiger partial charge in [0.05, 0.1) is 19.7 Å². The SMILES string of the molecule is Cn1ccc2cc(C(=O)N3CC4(C3)OCC[C@H]4COc3ncccc3F)ccc21. The summed E-state index contributed by atoms with van der Waals surface area (Å²) in [5.41, 5.74) is 1.37. The summed E-state index contributed by atoms with van der Waals surface area (Å²) in [7, 11) is 1.99. The fourth-order valence-corrected chi connectivity index (χ4v) is 4.37. The highest BCUT2D eigenvalue weighted by Gasteiger charge is 2.54. The van der Waals surface area contributed by atoms with E-state index >= 15 is 0 Å². The molecule has 2 aliphatic rings. The van der Waals surface area contributed by atoms with E-state index in [0.717, 1.165) is 17.3 Å². The fraction of sp³-hybridized carbons (Fsp3) is 0.364. The molecule has 0 unspecified atom stereocenters. The van der Waals surface area contributed by atoms with E-state index in [-0.39, 0.29) is 17.7 Å². The van der Waals surface area contributed by atoms with Crippen LogP contribution in [0.3, 0.4) is 0 Å². The Kier molecular flexibility index (Phi) is 4.28. The van der Waals surface area contributed by atoms with Crippen molar-refractivity contribution in [1.29, 1.82) is 0 Å². The van der Waals surface area contributed by atoms with Crippen molar-refractivity contribution in [3.63, 3.8) is 0 Å². The third kappa shape index (κ3) is 3.06. The van der Waals surface area contributed by atoms with E-state index in [9.17, 15) is 9.18 Å². The molecule has 1 spiro atoms. The third-order valence-corrected chi connectivity index (χ3v) is 6.08. The zero-order valence-corrected chi connectivity index (χ0v) is 16.2. The summed E-state index contributed by atoms with van der Waals surface area (Å²) in [6.45, 7) is 2.00. The molecule has 6 nitrogen and oxygen atoms in total. The molecule has 2 fully saturated rings. The number of hydrogen-bond donors (Lipinski definition) is 0. The van der Waals surface area contributed by atoms with Gasteiger partial charge in [0.15, 0.2) is 5.82 Å². The topological polar surface area (TPSA) is 56.6 Å². The first-order valence-corrected chi connectivity index (χ1v) is 9.77. The average molecular weight is 395 g/mol. The Morgan fingerprint density at radius 1 is 1.34 bits per heavy atom. The largest absolute Gasteiger partial charge is 0.475 e. The van der Waals surface area contributed by atoms with Crippen LogP contribution in [0.2, 0.25) is 0 Å². The highest BCUT2D eigenvalue weighted by atomic mass is 19.1. The molecule has 5 rings (SSSR count). The number of aromatic nitrogens is 2. The molecule has 150 valence electrons. The molecule has 29 heavy (non-hydrogen) atoms. The van der Waals surface area contributed by atoms with Crippen LogP contribution in [0.5, 0.6) is 5.88 Å². The second-order valence-corrected chi connectivity index (χ2v) is 7.86. The predicted octanol–water partition coefficient (Wildman–Crippen LogP) is 3.02. The van der Waals surface area contributed by atoms with Crippen molar-refractivity contribution in [3.8, 4) is 5.88 Å². The van der Waals surface area contributed by atoms with Gasteiger partial charge in [-0.2, -0.15) is 0 Å². The highest BCUT2D eigenvalue weighted by Crippen LogP contribution is 2.41. The van der Waals surface area contributed by atoms with E-state index in [1.807, 2.05) is 47.0 Å². The summed E-state index contributed by atoms with van der Waals surface area (Å²) < 4.78 is 27.4. The summed E-state index contributed by atoms with van der Waals surface area (Å²) in [6, 6.07) is 10.6. The number of carbonyl (C=O) groups excluding carboxylic acids is 1. The molecule has 1 amide bonds. The average Bonchev–Trinajstić information content (AvgIpc) is 3.29. The number of hydrogen-bond acceptors (Lipinski definition) is 4. The van der Waals surface area contributed by atoms with Gasteiger partial charge < -0.3 is 18.9 Å². The quantitative estimate of drug-likeness (QED) is 0.682. The van der Waals surface area contributed by atoms with Gasteiger partial charge in [0, 0.05) is 48.4 Å². The standard InChI is InChI=1S/C22H22FN3O3/c1-25-9-6-15-11-16(4-5-19(15)25)21(27)26-13-22(14-26)17(7-10-29-22)12-28-20-18(23)3-2-8-24-20/h2-6,8-9,11,17H,7,10,12-14H2,1H3/t17-/m0/s1. The van der Waals surface area contributed by atoms with Gasteiger partial charge in [0.1, 0.15) is 5.60 Å². The van der Waals surface area contributed by atoms with Crippen LogP contribution in [-0.4, -0.2) is 52.3 Å². The number of rotatable bonds is 4. The Morgan fingerprint density at radius 3 is 3.03 bits per heavy atom. The van der Waals surface area contributed by atoms with Crippen molar-refractivity contribution in [2.45, 2.75) is 12.0 Å². The number of benzene rings is 1. The first-order valence-electron chi connectivity index (χ1n) is 9.77. The molecular weight excluding hydrogens is 373 g/mol. The van der Waals surface area contributed by atoms with Crippen LogP contribution in [0, 0.1) is 11.7 Å². The number of aryl methyl sites for hydroxylation is 1. The van der Waals surface area contributed by atoms with Gasteiger partial charge in [-0.3, -0.25) is 4.79 Å². The molecule has 0 bridgehead atoms. The first kappa shape index (κ1) is 18.1. The lowest BCUT2D eigenvalue weighted by molar-refractivity contribution is -0.122. The van der Waals surface area contributed by atoms with Gasteiger partial charge in [0.25, 0.3) is 5.91 Å². The molecule has 2 aliphatic heterocycles. The van der Waals surface area contributed by atoms with Crippen molar-refractivity contribution in [3.05, 3.63) is 60.2 Å². The molecule has 0 radical (unpaired) electrons. The predicted molar refractivity (Wildman–Crippen MR) is 105 cm³/mol. The lowest BCUT2D eigenvalue weighted by Gasteiger charge is -2.50. The van der Waals surface area contributed by atoms with Crippen LogP contribution in [0.25, 0.3) is 10.9 Å². The van der Waals surface area contributed by atoms with E-state index in [4.69, 9.17) is 9.47 Å². The van der Waals surface area contributed by atoms with E-state index in [1.165, 1.54) is 18.3 Å². The van der Waals surface area contributed by atoms with Crippen molar-refractivity contribution < 1.29 is 18.7 Å². The maximum Gasteiger partial charge on any atom is 0.254 e. The number of fused-ring (bicyclic) bond motifs is 1. The number of carbonyl (C=O) groups is 1. The minimum atomic E-state index is -0.470. The molecule has 7 heteroatoms. The molecule has 1 atom stereocenters. The molecule has 0 aliphatic carbocycles. The molecule has 3 aromatic rings. The molecule has 4 heterocycles. The minimum Gasteiger partial charge on any atom is -0.475 e. The second-order valence-electron chi connectivity index (χ2n) is 7.86. The van der Waals surface area contributed by atoms with Crippen LogP contribution < -0.4 is 4.74 Å². The lowest BCUT2D eigenvalue weighted by atomic mass is 9.81. The Balaban J connectivity index is 1.25. The lowest BCUT2D eigenvalue weighted by Crippen LogP contribution is -2.66. The van der Waals surface area contributed by atoms with Gasteiger partial charge in [-0.25, -0.2) is 9.37 Å². The van der Waals surface area contributed by atoms with Crippen LogP contribution in [0.15, 0.2) is 48.8 Å². The molecule has 0 saturated carbocycles. The Labute approximate surface area is 167 Å². The van der Waals surface area contributed by atoms with E-state index in [0.29, 0.717) is 31.9 Å².